The first-order valence-electron chi connectivity index (χ1n) is 5.85. The molecule has 17 heavy (non-hydrogen) atoms. The Bertz CT molecular complexity index is 384. The van der Waals surface area contributed by atoms with Crippen LogP contribution in [0.15, 0.2) is 18.7 Å². The van der Waals surface area contributed by atoms with Gasteiger partial charge in [0.15, 0.2) is 0 Å². The maximum absolute atomic E-state index is 5.43. The number of rotatable bonds is 6. The lowest BCUT2D eigenvalue weighted by Gasteiger charge is -2.24. The van der Waals surface area contributed by atoms with Gasteiger partial charge in [0.1, 0.15) is 11.5 Å². The molecule has 0 unspecified atom stereocenters. The molecule has 1 aromatic carbocycles. The van der Waals surface area contributed by atoms with E-state index < -0.39 is 0 Å². The lowest BCUT2D eigenvalue weighted by Crippen LogP contribution is -2.22. The monoisotopic (exact) mass is 235 g/mol. The van der Waals surface area contributed by atoms with Crippen LogP contribution < -0.4 is 14.4 Å². The number of nitrogens with zero attached hydrogens (tertiary/aromatic N) is 1. The summed E-state index contributed by atoms with van der Waals surface area (Å²) in [6.45, 7) is 9.89. The molecule has 3 heteroatoms. The smallest absolute Gasteiger partial charge is 0.143 e. The van der Waals surface area contributed by atoms with Crippen molar-refractivity contribution in [3.05, 3.63) is 24.3 Å². The summed E-state index contributed by atoms with van der Waals surface area (Å²) in [5, 5.41) is 0. The zero-order chi connectivity index (χ0) is 12.8. The first-order chi connectivity index (χ1) is 8.21. The van der Waals surface area contributed by atoms with Gasteiger partial charge in [0.2, 0.25) is 0 Å². The summed E-state index contributed by atoms with van der Waals surface area (Å²) in [7, 11) is 3.35. The molecular formula is C14H21NO2. The number of anilines is 1. The zero-order valence-electron chi connectivity index (χ0n) is 11.1. The van der Waals surface area contributed by atoms with Crippen molar-refractivity contribution in [2.75, 3.05) is 32.2 Å². The highest BCUT2D eigenvalue weighted by atomic mass is 16.5. The Hall–Kier alpha value is -1.64. The Morgan fingerprint density at radius 3 is 2.12 bits per heavy atom. The minimum absolute atomic E-state index is 0.822. The summed E-state index contributed by atoms with van der Waals surface area (Å²) >= 11 is 0. The molecule has 0 saturated carbocycles. The molecule has 94 valence electrons. The van der Waals surface area contributed by atoms with Crippen molar-refractivity contribution in [2.24, 2.45) is 0 Å². The summed E-state index contributed by atoms with van der Waals surface area (Å²) in [6.07, 6.45) is 1.77. The van der Waals surface area contributed by atoms with Gasteiger partial charge in [-0.2, -0.15) is 0 Å². The van der Waals surface area contributed by atoms with E-state index in [4.69, 9.17) is 9.47 Å². The molecule has 1 aromatic rings. The summed E-state index contributed by atoms with van der Waals surface area (Å²) in [4.78, 5) is 2.23. The Morgan fingerprint density at radius 2 is 1.71 bits per heavy atom. The van der Waals surface area contributed by atoms with Crippen LogP contribution in [0, 0.1) is 0 Å². The Labute approximate surface area is 104 Å². The predicted octanol–water partition coefficient (Wildman–Crippen LogP) is 3.19. The van der Waals surface area contributed by atoms with E-state index in [1.54, 1.807) is 20.3 Å². The van der Waals surface area contributed by atoms with Crippen LogP contribution >= 0.6 is 0 Å². The van der Waals surface area contributed by atoms with Crippen LogP contribution in [0.4, 0.5) is 5.69 Å². The summed E-state index contributed by atoms with van der Waals surface area (Å²) in [6, 6.07) is 3.96. The quantitative estimate of drug-likeness (QED) is 0.756. The Kier molecular flexibility index (Phi) is 4.88. The van der Waals surface area contributed by atoms with Crippen LogP contribution in [-0.2, 0) is 0 Å². The van der Waals surface area contributed by atoms with E-state index in [9.17, 15) is 0 Å². The van der Waals surface area contributed by atoms with Crippen molar-refractivity contribution >= 4 is 11.8 Å². The van der Waals surface area contributed by atoms with Crippen molar-refractivity contribution < 1.29 is 9.47 Å². The van der Waals surface area contributed by atoms with Gasteiger partial charge in [0.05, 0.1) is 19.9 Å². The third-order valence-corrected chi connectivity index (χ3v) is 2.86. The second-order valence-electron chi connectivity index (χ2n) is 3.64. The third-order valence-electron chi connectivity index (χ3n) is 2.86. The average Bonchev–Trinajstić information content (AvgIpc) is 2.39. The molecule has 0 atom stereocenters. The van der Waals surface area contributed by atoms with Crippen LogP contribution in [0.25, 0.3) is 6.08 Å². The normalized spacial score (nSPS) is 9.88. The number of benzene rings is 1. The van der Waals surface area contributed by atoms with Crippen molar-refractivity contribution in [3.63, 3.8) is 0 Å². The predicted molar refractivity (Wildman–Crippen MR) is 73.2 cm³/mol. The van der Waals surface area contributed by atoms with Crippen LogP contribution in [0.1, 0.15) is 19.4 Å². The summed E-state index contributed by atoms with van der Waals surface area (Å²) in [5.74, 6) is 1.67. The zero-order valence-corrected chi connectivity index (χ0v) is 11.1. The van der Waals surface area contributed by atoms with Gasteiger partial charge < -0.3 is 14.4 Å². The lowest BCUT2D eigenvalue weighted by atomic mass is 10.1. The van der Waals surface area contributed by atoms with Crippen LogP contribution in [0.2, 0.25) is 0 Å². The first kappa shape index (κ1) is 13.4. The highest BCUT2D eigenvalue weighted by molar-refractivity contribution is 5.69. The maximum Gasteiger partial charge on any atom is 0.143 e. The molecule has 1 rings (SSSR count). The standard InChI is InChI=1S/C14H21NO2/c1-6-11-9-14(17-5)12(10-13(11)16-4)15(7-2)8-3/h6,9-10H,1,7-8H2,2-5H3. The van der Waals surface area contributed by atoms with Crippen molar-refractivity contribution in [2.45, 2.75) is 13.8 Å². The molecule has 0 saturated heterocycles. The van der Waals surface area contributed by atoms with E-state index in [0.29, 0.717) is 0 Å². The lowest BCUT2D eigenvalue weighted by molar-refractivity contribution is 0.402. The largest absolute Gasteiger partial charge is 0.496 e. The molecule has 0 spiro atoms. The number of hydrogen-bond donors (Lipinski definition) is 0. The highest BCUT2D eigenvalue weighted by Gasteiger charge is 2.13. The molecule has 0 aliphatic carbocycles. The van der Waals surface area contributed by atoms with E-state index in [1.165, 1.54) is 0 Å². The molecule has 0 amide bonds. The SMILES string of the molecule is C=Cc1cc(OC)c(N(CC)CC)cc1OC. The molecule has 0 radical (unpaired) electrons. The molecule has 0 aliphatic heterocycles. The van der Waals surface area contributed by atoms with Gasteiger partial charge in [-0.25, -0.2) is 0 Å². The Morgan fingerprint density at radius 1 is 1.12 bits per heavy atom. The fourth-order valence-electron chi connectivity index (χ4n) is 1.88. The topological polar surface area (TPSA) is 21.7 Å². The van der Waals surface area contributed by atoms with E-state index >= 15 is 0 Å². The van der Waals surface area contributed by atoms with E-state index in [-0.39, 0.29) is 0 Å². The van der Waals surface area contributed by atoms with Gasteiger partial charge in [-0.15, -0.1) is 0 Å². The van der Waals surface area contributed by atoms with Gasteiger partial charge in [0.25, 0.3) is 0 Å². The van der Waals surface area contributed by atoms with Crippen LogP contribution in [-0.4, -0.2) is 27.3 Å². The first-order valence-corrected chi connectivity index (χ1v) is 5.85. The second kappa shape index (κ2) is 6.18. The fraction of sp³-hybridized carbons (Fsp3) is 0.429. The van der Waals surface area contributed by atoms with Crippen LogP contribution in [0.3, 0.4) is 0 Å². The minimum Gasteiger partial charge on any atom is -0.496 e. The molecule has 3 nitrogen and oxygen atoms in total. The number of hydrogen-bond acceptors (Lipinski definition) is 3. The van der Waals surface area contributed by atoms with Gasteiger partial charge in [-0.1, -0.05) is 12.7 Å². The summed E-state index contributed by atoms with van der Waals surface area (Å²) < 4.78 is 10.8. The highest BCUT2D eigenvalue weighted by Crippen LogP contribution is 2.35. The van der Waals surface area contributed by atoms with Crippen molar-refractivity contribution in [1.29, 1.82) is 0 Å². The molecule has 0 N–H and O–H groups in total. The second-order valence-corrected chi connectivity index (χ2v) is 3.64. The maximum atomic E-state index is 5.43. The number of ether oxygens (including phenoxy) is 2. The average molecular weight is 235 g/mol. The van der Waals surface area contributed by atoms with Gasteiger partial charge in [0, 0.05) is 24.7 Å². The van der Waals surface area contributed by atoms with Gasteiger partial charge in [-0.3, -0.25) is 0 Å². The molecule has 0 fully saturated rings. The molecule has 0 bridgehead atoms. The Balaban J connectivity index is 3.32. The molecular weight excluding hydrogens is 214 g/mol. The molecule has 0 heterocycles. The molecule has 0 aliphatic rings. The van der Waals surface area contributed by atoms with E-state index in [2.05, 4.69) is 25.3 Å². The van der Waals surface area contributed by atoms with Crippen molar-refractivity contribution in [3.8, 4) is 11.5 Å². The minimum atomic E-state index is 0.822. The number of methoxy groups -OCH3 is 2. The molecule has 0 aromatic heterocycles. The van der Waals surface area contributed by atoms with Gasteiger partial charge >= 0.3 is 0 Å². The van der Waals surface area contributed by atoms with E-state index in [1.807, 2.05) is 12.1 Å². The van der Waals surface area contributed by atoms with Crippen molar-refractivity contribution in [1.82, 2.24) is 0 Å². The van der Waals surface area contributed by atoms with Gasteiger partial charge in [-0.05, 0) is 19.9 Å². The third kappa shape index (κ3) is 2.73. The van der Waals surface area contributed by atoms with E-state index in [0.717, 1.165) is 35.8 Å². The van der Waals surface area contributed by atoms with Crippen LogP contribution in [0.5, 0.6) is 11.5 Å². The summed E-state index contributed by atoms with van der Waals surface area (Å²) in [5.41, 5.74) is 2.00. The fourth-order valence-corrected chi connectivity index (χ4v) is 1.88.